The topological polar surface area (TPSA) is 73.3 Å². The molecular formula is C27H27N3O3S. The number of carbonyl (C=O) groups is 1. The third kappa shape index (κ3) is 5.66. The largest absolute Gasteiger partial charge is 0.493 e. The summed E-state index contributed by atoms with van der Waals surface area (Å²) < 4.78 is 10.6. The number of aryl methyl sites for hydroxylation is 1. The number of thioether (sulfide) groups is 1. The van der Waals surface area contributed by atoms with Crippen molar-refractivity contribution in [3.8, 4) is 22.9 Å². The van der Waals surface area contributed by atoms with Crippen LogP contribution in [0.4, 0.5) is 0 Å². The fourth-order valence-electron chi connectivity index (χ4n) is 3.61. The summed E-state index contributed by atoms with van der Waals surface area (Å²) in [5.41, 5.74) is 4.02. The summed E-state index contributed by atoms with van der Waals surface area (Å²) in [6.45, 7) is 2.58. The number of nitrogens with zero attached hydrogens (tertiary/aromatic N) is 2. The van der Waals surface area contributed by atoms with E-state index in [1.807, 2.05) is 67.6 Å². The van der Waals surface area contributed by atoms with Crippen LogP contribution < -0.4 is 14.8 Å². The van der Waals surface area contributed by atoms with Gasteiger partial charge >= 0.3 is 0 Å². The predicted molar refractivity (Wildman–Crippen MR) is 137 cm³/mol. The Morgan fingerprint density at radius 2 is 1.74 bits per heavy atom. The molecule has 1 aromatic heterocycles. The molecule has 6 nitrogen and oxygen atoms in total. The number of fused-ring (bicyclic) bond motifs is 1. The molecule has 0 atom stereocenters. The third-order valence-corrected chi connectivity index (χ3v) is 6.36. The van der Waals surface area contributed by atoms with Crippen molar-refractivity contribution in [1.29, 1.82) is 0 Å². The molecule has 1 amide bonds. The van der Waals surface area contributed by atoms with Gasteiger partial charge in [0.15, 0.2) is 17.3 Å². The number of nitrogens with one attached hydrogen (secondary N) is 1. The number of amides is 1. The molecule has 0 unspecified atom stereocenters. The first kappa shape index (κ1) is 23.6. The van der Waals surface area contributed by atoms with Gasteiger partial charge in [0.05, 0.1) is 25.5 Å². The van der Waals surface area contributed by atoms with Crippen molar-refractivity contribution >= 4 is 28.6 Å². The van der Waals surface area contributed by atoms with Gasteiger partial charge in [0.25, 0.3) is 0 Å². The average molecular weight is 474 g/mol. The minimum Gasteiger partial charge on any atom is -0.493 e. The Hall–Kier alpha value is -3.58. The lowest BCUT2D eigenvalue weighted by Gasteiger charge is -2.11. The summed E-state index contributed by atoms with van der Waals surface area (Å²) in [4.78, 5) is 22.1. The Morgan fingerprint density at radius 3 is 2.50 bits per heavy atom. The smallest absolute Gasteiger partial charge is 0.230 e. The van der Waals surface area contributed by atoms with E-state index in [4.69, 9.17) is 19.4 Å². The van der Waals surface area contributed by atoms with Gasteiger partial charge in [-0.1, -0.05) is 59.8 Å². The van der Waals surface area contributed by atoms with Crippen molar-refractivity contribution in [2.75, 3.05) is 26.5 Å². The monoisotopic (exact) mass is 473 g/mol. The van der Waals surface area contributed by atoms with Crippen LogP contribution in [0.2, 0.25) is 0 Å². The van der Waals surface area contributed by atoms with Gasteiger partial charge in [0.1, 0.15) is 5.03 Å². The zero-order chi connectivity index (χ0) is 23.9. The van der Waals surface area contributed by atoms with Crippen LogP contribution in [0.5, 0.6) is 11.5 Å². The van der Waals surface area contributed by atoms with Crippen LogP contribution in [-0.2, 0) is 11.2 Å². The summed E-state index contributed by atoms with van der Waals surface area (Å²) in [6, 6.07) is 21.8. The van der Waals surface area contributed by atoms with Gasteiger partial charge in [-0.15, -0.1) is 0 Å². The number of aromatic nitrogens is 2. The number of ether oxygens (including phenoxy) is 2. The summed E-state index contributed by atoms with van der Waals surface area (Å²) in [7, 11) is 3.22. The summed E-state index contributed by atoms with van der Waals surface area (Å²) in [5.74, 6) is 2.27. The van der Waals surface area contributed by atoms with E-state index < -0.39 is 0 Å². The van der Waals surface area contributed by atoms with E-state index in [2.05, 4.69) is 11.4 Å². The molecule has 0 aliphatic heterocycles. The van der Waals surface area contributed by atoms with E-state index in [0.29, 0.717) is 30.3 Å². The lowest BCUT2D eigenvalue weighted by Crippen LogP contribution is -2.27. The van der Waals surface area contributed by atoms with Gasteiger partial charge in [-0.3, -0.25) is 4.79 Å². The molecule has 0 fully saturated rings. The minimum absolute atomic E-state index is 0.0360. The number of methoxy groups -OCH3 is 2. The number of hydrogen-bond acceptors (Lipinski definition) is 6. The Morgan fingerprint density at radius 1 is 0.941 bits per heavy atom. The minimum atomic E-state index is -0.0360. The number of rotatable bonds is 9. The number of hydrogen-bond donors (Lipinski definition) is 1. The maximum absolute atomic E-state index is 12.6. The van der Waals surface area contributed by atoms with Gasteiger partial charge in [-0.2, -0.15) is 0 Å². The van der Waals surface area contributed by atoms with Crippen LogP contribution in [0, 0.1) is 6.92 Å². The van der Waals surface area contributed by atoms with Crippen molar-refractivity contribution in [3.63, 3.8) is 0 Å². The Balaban J connectivity index is 1.42. The number of benzene rings is 3. The second-order valence-corrected chi connectivity index (χ2v) is 8.78. The maximum atomic E-state index is 12.6. The fourth-order valence-corrected chi connectivity index (χ4v) is 4.45. The lowest BCUT2D eigenvalue weighted by atomic mass is 10.1. The van der Waals surface area contributed by atoms with Crippen molar-refractivity contribution in [2.45, 2.75) is 18.4 Å². The maximum Gasteiger partial charge on any atom is 0.230 e. The standard InChI is InChI=1S/C27H27N3O3S/c1-18-9-11-22-21(15-18)27(30-26(29-22)20-7-5-4-6-8-20)34-17-25(31)28-14-13-19-10-12-23(32-2)24(16-19)33-3/h4-12,15-16H,13-14,17H2,1-3H3,(H,28,31). The molecule has 1 heterocycles. The highest BCUT2D eigenvalue weighted by Crippen LogP contribution is 2.29. The van der Waals surface area contributed by atoms with Crippen molar-refractivity contribution in [3.05, 3.63) is 77.9 Å². The van der Waals surface area contributed by atoms with Crippen LogP contribution in [0.3, 0.4) is 0 Å². The summed E-state index contributed by atoms with van der Waals surface area (Å²) in [5, 5.41) is 4.77. The Kier molecular flexibility index (Phi) is 7.65. The van der Waals surface area contributed by atoms with Crippen LogP contribution in [0.15, 0.2) is 71.8 Å². The molecule has 7 heteroatoms. The van der Waals surface area contributed by atoms with Crippen LogP contribution >= 0.6 is 11.8 Å². The normalized spacial score (nSPS) is 10.8. The highest BCUT2D eigenvalue weighted by Gasteiger charge is 2.12. The molecule has 1 N–H and O–H groups in total. The van der Waals surface area contributed by atoms with Gasteiger partial charge in [-0.05, 0) is 43.2 Å². The van der Waals surface area contributed by atoms with Crippen molar-refractivity contribution in [1.82, 2.24) is 15.3 Å². The third-order valence-electron chi connectivity index (χ3n) is 5.37. The highest BCUT2D eigenvalue weighted by molar-refractivity contribution is 8.00. The van der Waals surface area contributed by atoms with E-state index in [9.17, 15) is 4.79 Å². The second kappa shape index (κ2) is 11.0. The molecule has 4 rings (SSSR count). The Bertz CT molecular complexity index is 1300. The fraction of sp³-hybridized carbons (Fsp3) is 0.222. The molecule has 4 aromatic rings. The second-order valence-electron chi connectivity index (χ2n) is 7.82. The Labute approximate surface area is 203 Å². The zero-order valence-corrected chi connectivity index (χ0v) is 20.3. The zero-order valence-electron chi connectivity index (χ0n) is 19.5. The highest BCUT2D eigenvalue weighted by atomic mass is 32.2. The van der Waals surface area contributed by atoms with E-state index in [1.165, 1.54) is 11.8 Å². The van der Waals surface area contributed by atoms with Crippen LogP contribution in [0.1, 0.15) is 11.1 Å². The van der Waals surface area contributed by atoms with E-state index in [1.54, 1.807) is 14.2 Å². The van der Waals surface area contributed by atoms with Crippen molar-refractivity contribution in [2.24, 2.45) is 0 Å². The van der Waals surface area contributed by atoms with Crippen LogP contribution in [-0.4, -0.2) is 42.4 Å². The number of carbonyl (C=O) groups excluding carboxylic acids is 1. The molecule has 0 saturated carbocycles. The van der Waals surface area contributed by atoms with E-state index in [0.717, 1.165) is 32.6 Å². The molecule has 0 bridgehead atoms. The molecule has 34 heavy (non-hydrogen) atoms. The SMILES string of the molecule is COc1ccc(CCNC(=O)CSc2nc(-c3ccccc3)nc3ccc(C)cc23)cc1OC. The van der Waals surface area contributed by atoms with Gasteiger partial charge < -0.3 is 14.8 Å². The van der Waals surface area contributed by atoms with Crippen LogP contribution in [0.25, 0.3) is 22.3 Å². The molecule has 3 aromatic carbocycles. The summed E-state index contributed by atoms with van der Waals surface area (Å²) >= 11 is 1.43. The molecule has 0 aliphatic rings. The summed E-state index contributed by atoms with van der Waals surface area (Å²) in [6.07, 6.45) is 0.699. The molecule has 0 spiro atoms. The molecule has 174 valence electrons. The average Bonchev–Trinajstić information content (AvgIpc) is 2.87. The van der Waals surface area contributed by atoms with Gasteiger partial charge in [0, 0.05) is 17.5 Å². The molecule has 0 radical (unpaired) electrons. The lowest BCUT2D eigenvalue weighted by molar-refractivity contribution is -0.118. The van der Waals surface area contributed by atoms with Crippen molar-refractivity contribution < 1.29 is 14.3 Å². The quantitative estimate of drug-likeness (QED) is 0.270. The first-order valence-corrected chi connectivity index (χ1v) is 12.0. The molecule has 0 aliphatic carbocycles. The first-order valence-electron chi connectivity index (χ1n) is 11.0. The predicted octanol–water partition coefficient (Wildman–Crippen LogP) is 5.07. The molecular weight excluding hydrogens is 446 g/mol. The van der Waals surface area contributed by atoms with Gasteiger partial charge in [0.2, 0.25) is 5.91 Å². The van der Waals surface area contributed by atoms with E-state index in [-0.39, 0.29) is 11.7 Å². The molecule has 0 saturated heterocycles. The van der Waals surface area contributed by atoms with Gasteiger partial charge in [-0.25, -0.2) is 9.97 Å². The first-order chi connectivity index (χ1) is 16.6. The van der Waals surface area contributed by atoms with E-state index >= 15 is 0 Å².